The number of hydrogen-bond donors (Lipinski definition) is 2. The van der Waals surface area contributed by atoms with Crippen LogP contribution in [0.3, 0.4) is 0 Å². The van der Waals surface area contributed by atoms with Crippen LogP contribution in [0.4, 0.5) is 11.4 Å². The van der Waals surface area contributed by atoms with Gasteiger partial charge in [-0.15, -0.1) is 0 Å². The normalized spacial score (nSPS) is 10.3. The number of hydrogen-bond acceptors (Lipinski definition) is 4. The van der Waals surface area contributed by atoms with E-state index >= 15 is 0 Å². The Morgan fingerprint density at radius 1 is 0.600 bits per heavy atom. The number of nitrogens with one attached hydrogen (secondary N) is 2. The molecule has 0 aliphatic rings. The summed E-state index contributed by atoms with van der Waals surface area (Å²) in [7, 11) is 0. The fourth-order valence-corrected chi connectivity index (χ4v) is 3.40. The lowest BCUT2D eigenvalue weighted by Crippen LogP contribution is -2.14. The average molecular weight is 467 g/mol. The Kier molecular flexibility index (Phi) is 7.76. The molecule has 176 valence electrons. The number of para-hydroxylation sites is 1. The van der Waals surface area contributed by atoms with Gasteiger partial charge in [-0.05, 0) is 79.2 Å². The van der Waals surface area contributed by atoms with Crippen molar-refractivity contribution in [3.8, 4) is 11.5 Å². The van der Waals surface area contributed by atoms with E-state index in [-0.39, 0.29) is 11.8 Å². The standard InChI is InChI=1S/C29H26N2O4/c1-21-7-5-6-10-27(21)29(33)31-24-15-13-23(14-16-24)30-28(32)22-11-17-26(18-12-22)35-20-19-34-25-8-3-2-4-9-25/h2-18H,19-20H2,1H3,(H,30,32)(H,31,33). The Bertz CT molecular complexity index is 1270. The summed E-state index contributed by atoms with van der Waals surface area (Å²) in [6.07, 6.45) is 0. The first-order chi connectivity index (χ1) is 17.1. The molecule has 4 rings (SSSR count). The van der Waals surface area contributed by atoms with E-state index in [0.717, 1.165) is 11.3 Å². The zero-order chi connectivity index (χ0) is 24.5. The average Bonchev–Trinajstić information content (AvgIpc) is 2.89. The Morgan fingerprint density at radius 2 is 1.11 bits per heavy atom. The summed E-state index contributed by atoms with van der Waals surface area (Å²) < 4.78 is 11.3. The number of carbonyl (C=O) groups is 2. The third-order valence-electron chi connectivity index (χ3n) is 5.27. The first kappa shape index (κ1) is 23.6. The van der Waals surface area contributed by atoms with E-state index in [2.05, 4.69) is 10.6 Å². The van der Waals surface area contributed by atoms with Crippen LogP contribution in [-0.4, -0.2) is 25.0 Å². The van der Waals surface area contributed by atoms with Crippen LogP contribution in [0.1, 0.15) is 26.3 Å². The van der Waals surface area contributed by atoms with Crippen LogP contribution in [0.15, 0.2) is 103 Å². The molecule has 2 N–H and O–H groups in total. The van der Waals surface area contributed by atoms with Crippen molar-refractivity contribution in [1.29, 1.82) is 0 Å². The van der Waals surface area contributed by atoms with Gasteiger partial charge in [0.25, 0.3) is 11.8 Å². The molecule has 0 aromatic heterocycles. The molecule has 35 heavy (non-hydrogen) atoms. The lowest BCUT2D eigenvalue weighted by atomic mass is 10.1. The van der Waals surface area contributed by atoms with Gasteiger partial charge in [0.1, 0.15) is 24.7 Å². The van der Waals surface area contributed by atoms with Gasteiger partial charge < -0.3 is 20.1 Å². The fraction of sp³-hybridized carbons (Fsp3) is 0.103. The molecule has 0 atom stereocenters. The molecule has 0 aliphatic carbocycles. The molecule has 0 fully saturated rings. The molecule has 0 saturated heterocycles. The highest BCUT2D eigenvalue weighted by molar-refractivity contribution is 6.06. The smallest absolute Gasteiger partial charge is 0.255 e. The SMILES string of the molecule is Cc1ccccc1C(=O)Nc1ccc(NC(=O)c2ccc(OCCOc3ccccc3)cc2)cc1. The topological polar surface area (TPSA) is 76.7 Å². The third-order valence-corrected chi connectivity index (χ3v) is 5.27. The van der Waals surface area contributed by atoms with E-state index in [1.54, 1.807) is 54.6 Å². The second kappa shape index (κ2) is 11.5. The molecule has 6 nitrogen and oxygen atoms in total. The van der Waals surface area contributed by atoms with Crippen LogP contribution in [0, 0.1) is 6.92 Å². The highest BCUT2D eigenvalue weighted by Gasteiger charge is 2.10. The predicted octanol–water partition coefficient (Wildman–Crippen LogP) is 5.96. The molecule has 0 bridgehead atoms. The highest BCUT2D eigenvalue weighted by Crippen LogP contribution is 2.18. The summed E-state index contributed by atoms with van der Waals surface area (Å²) in [5.74, 6) is 1.05. The van der Waals surface area contributed by atoms with Crippen LogP contribution in [0.25, 0.3) is 0 Å². The van der Waals surface area contributed by atoms with Crippen LogP contribution in [0.5, 0.6) is 11.5 Å². The van der Waals surface area contributed by atoms with Crippen molar-refractivity contribution in [3.63, 3.8) is 0 Å². The van der Waals surface area contributed by atoms with E-state index in [1.165, 1.54) is 0 Å². The lowest BCUT2D eigenvalue weighted by Gasteiger charge is -2.10. The van der Waals surface area contributed by atoms with Crippen molar-refractivity contribution in [3.05, 3.63) is 120 Å². The Labute approximate surface area is 204 Å². The van der Waals surface area contributed by atoms with Gasteiger partial charge in [-0.3, -0.25) is 9.59 Å². The Morgan fingerprint density at radius 3 is 1.71 bits per heavy atom. The summed E-state index contributed by atoms with van der Waals surface area (Å²) >= 11 is 0. The number of aryl methyl sites for hydroxylation is 1. The zero-order valence-electron chi connectivity index (χ0n) is 19.4. The van der Waals surface area contributed by atoms with E-state index < -0.39 is 0 Å². The highest BCUT2D eigenvalue weighted by atomic mass is 16.5. The first-order valence-corrected chi connectivity index (χ1v) is 11.3. The second-order valence-corrected chi connectivity index (χ2v) is 7.83. The number of anilines is 2. The van der Waals surface area contributed by atoms with Crippen LogP contribution in [0.2, 0.25) is 0 Å². The molecule has 0 aliphatic heterocycles. The number of benzene rings is 4. The quantitative estimate of drug-likeness (QED) is 0.299. The largest absolute Gasteiger partial charge is 0.490 e. The van der Waals surface area contributed by atoms with Crippen molar-refractivity contribution in [1.82, 2.24) is 0 Å². The van der Waals surface area contributed by atoms with Crippen molar-refractivity contribution in [2.45, 2.75) is 6.92 Å². The maximum atomic E-state index is 12.6. The van der Waals surface area contributed by atoms with Crippen LogP contribution in [-0.2, 0) is 0 Å². The van der Waals surface area contributed by atoms with Crippen molar-refractivity contribution < 1.29 is 19.1 Å². The first-order valence-electron chi connectivity index (χ1n) is 11.3. The number of rotatable bonds is 9. The molecule has 0 heterocycles. The van der Waals surface area contributed by atoms with Gasteiger partial charge in [-0.2, -0.15) is 0 Å². The van der Waals surface area contributed by atoms with E-state index in [0.29, 0.717) is 41.5 Å². The fourth-order valence-electron chi connectivity index (χ4n) is 3.40. The minimum absolute atomic E-state index is 0.172. The predicted molar refractivity (Wildman–Crippen MR) is 137 cm³/mol. The number of carbonyl (C=O) groups excluding carboxylic acids is 2. The summed E-state index contributed by atoms with van der Waals surface area (Å²) in [6.45, 7) is 2.72. The molecule has 0 unspecified atom stereocenters. The third kappa shape index (κ3) is 6.71. The molecule has 6 heteroatoms. The Hall–Kier alpha value is -4.58. The molecule has 2 amide bonds. The minimum atomic E-state index is -0.236. The minimum Gasteiger partial charge on any atom is -0.490 e. The lowest BCUT2D eigenvalue weighted by molar-refractivity contribution is 0.101. The van der Waals surface area contributed by atoms with Gasteiger partial charge in [0, 0.05) is 22.5 Å². The van der Waals surface area contributed by atoms with Crippen molar-refractivity contribution in [2.24, 2.45) is 0 Å². The maximum Gasteiger partial charge on any atom is 0.255 e. The molecule has 0 radical (unpaired) electrons. The van der Waals surface area contributed by atoms with Crippen LogP contribution < -0.4 is 20.1 Å². The van der Waals surface area contributed by atoms with Gasteiger partial charge in [-0.25, -0.2) is 0 Å². The van der Waals surface area contributed by atoms with E-state index in [4.69, 9.17) is 9.47 Å². The van der Waals surface area contributed by atoms with Crippen molar-refractivity contribution >= 4 is 23.2 Å². The van der Waals surface area contributed by atoms with Crippen molar-refractivity contribution in [2.75, 3.05) is 23.8 Å². The second-order valence-electron chi connectivity index (χ2n) is 7.83. The molecular weight excluding hydrogens is 440 g/mol. The van der Waals surface area contributed by atoms with Gasteiger partial charge in [0.05, 0.1) is 0 Å². The molecule has 4 aromatic rings. The molecule has 0 spiro atoms. The molecule has 4 aromatic carbocycles. The number of ether oxygens (including phenoxy) is 2. The van der Waals surface area contributed by atoms with E-state index in [9.17, 15) is 9.59 Å². The van der Waals surface area contributed by atoms with Gasteiger partial charge in [-0.1, -0.05) is 36.4 Å². The Balaban J connectivity index is 1.25. The summed E-state index contributed by atoms with van der Waals surface area (Å²) in [5, 5.41) is 5.73. The van der Waals surface area contributed by atoms with Gasteiger partial charge in [0.2, 0.25) is 0 Å². The van der Waals surface area contributed by atoms with Gasteiger partial charge in [0.15, 0.2) is 0 Å². The summed E-state index contributed by atoms with van der Waals surface area (Å²) in [5.41, 5.74) is 3.32. The van der Waals surface area contributed by atoms with Crippen LogP contribution >= 0.6 is 0 Å². The maximum absolute atomic E-state index is 12.6. The summed E-state index contributed by atoms with van der Waals surface area (Å²) in [4.78, 5) is 25.0. The number of amides is 2. The van der Waals surface area contributed by atoms with E-state index in [1.807, 2.05) is 55.5 Å². The summed E-state index contributed by atoms with van der Waals surface area (Å²) in [6, 6.07) is 30.9. The molecule has 0 saturated carbocycles. The van der Waals surface area contributed by atoms with Gasteiger partial charge >= 0.3 is 0 Å². The monoisotopic (exact) mass is 466 g/mol. The molecular formula is C29H26N2O4. The zero-order valence-corrected chi connectivity index (χ0v) is 19.4.